The van der Waals surface area contributed by atoms with Crippen LogP contribution < -0.4 is 11.2 Å². The van der Waals surface area contributed by atoms with Crippen molar-refractivity contribution in [3.05, 3.63) is 45.0 Å². The minimum absolute atomic E-state index is 0.409. The van der Waals surface area contributed by atoms with Crippen LogP contribution in [0, 0.1) is 10.1 Å². The fraction of sp³-hybridized carbons (Fsp3) is 0. The average molecular weight is 242 g/mol. The smallest absolute Gasteiger partial charge is 0.286 e. The zero-order valence-electron chi connectivity index (χ0n) is 8.00. The standard InChI is InChI=1S/C8H8ClN5O2/c9-7-4-2-1-3-6(7)5-11-12-8(10)13-14(15)16/h1-5H,(H3,10,12,13)/b11-5+. The summed E-state index contributed by atoms with van der Waals surface area (Å²) in [4.78, 5) is 9.92. The molecule has 1 rings (SSSR count). The molecule has 0 heterocycles. The SMILES string of the molecule is N/C(=N\[N+](=O)[O-])N/N=C/c1ccccc1Cl. The van der Waals surface area contributed by atoms with E-state index in [1.165, 1.54) is 6.21 Å². The van der Waals surface area contributed by atoms with Crippen molar-refractivity contribution in [2.45, 2.75) is 0 Å². The van der Waals surface area contributed by atoms with Gasteiger partial charge in [0.25, 0.3) is 5.96 Å². The van der Waals surface area contributed by atoms with Gasteiger partial charge < -0.3 is 5.73 Å². The number of nitrogens with two attached hydrogens (primary N) is 1. The molecule has 0 spiro atoms. The molecular weight excluding hydrogens is 234 g/mol. The van der Waals surface area contributed by atoms with E-state index >= 15 is 0 Å². The summed E-state index contributed by atoms with van der Waals surface area (Å²) in [6.45, 7) is 0. The van der Waals surface area contributed by atoms with Crippen molar-refractivity contribution in [1.29, 1.82) is 0 Å². The minimum Gasteiger partial charge on any atom is -0.363 e. The van der Waals surface area contributed by atoms with Gasteiger partial charge in [-0.25, -0.2) is 15.5 Å². The summed E-state index contributed by atoms with van der Waals surface area (Å²) in [6, 6.07) is 6.98. The monoisotopic (exact) mass is 241 g/mol. The fourth-order valence-electron chi connectivity index (χ4n) is 0.858. The third kappa shape index (κ3) is 3.93. The Morgan fingerprint density at radius 2 is 2.25 bits per heavy atom. The van der Waals surface area contributed by atoms with Crippen molar-refractivity contribution in [3.8, 4) is 0 Å². The third-order valence-electron chi connectivity index (χ3n) is 1.48. The lowest BCUT2D eigenvalue weighted by Gasteiger charge is -1.96. The first-order valence-corrected chi connectivity index (χ1v) is 4.49. The number of hydrogen-bond acceptors (Lipinski definition) is 3. The number of guanidine groups is 1. The van der Waals surface area contributed by atoms with Crippen LogP contribution in [0.3, 0.4) is 0 Å². The van der Waals surface area contributed by atoms with Gasteiger partial charge in [0.05, 0.1) is 6.21 Å². The van der Waals surface area contributed by atoms with Crippen molar-refractivity contribution >= 4 is 23.8 Å². The normalized spacial score (nSPS) is 11.7. The highest BCUT2D eigenvalue weighted by atomic mass is 35.5. The van der Waals surface area contributed by atoms with Crippen LogP contribution in [0.5, 0.6) is 0 Å². The molecule has 16 heavy (non-hydrogen) atoms. The second-order valence-corrected chi connectivity index (χ2v) is 3.02. The van der Waals surface area contributed by atoms with Gasteiger partial charge in [-0.2, -0.15) is 5.10 Å². The van der Waals surface area contributed by atoms with Gasteiger partial charge in [-0.1, -0.05) is 29.8 Å². The van der Waals surface area contributed by atoms with Gasteiger partial charge in [-0.3, -0.25) is 0 Å². The van der Waals surface area contributed by atoms with E-state index in [0.29, 0.717) is 10.6 Å². The molecule has 0 unspecified atom stereocenters. The number of halogens is 1. The number of nitro groups is 1. The van der Waals surface area contributed by atoms with Crippen LogP contribution in [0.1, 0.15) is 5.56 Å². The second-order valence-electron chi connectivity index (χ2n) is 2.61. The average Bonchev–Trinajstić information content (AvgIpc) is 2.19. The van der Waals surface area contributed by atoms with Gasteiger partial charge in [0.2, 0.25) is 0 Å². The van der Waals surface area contributed by atoms with Crippen LogP contribution in [0.15, 0.2) is 34.5 Å². The zero-order chi connectivity index (χ0) is 12.0. The minimum atomic E-state index is -0.923. The summed E-state index contributed by atoms with van der Waals surface area (Å²) < 4.78 is 0. The van der Waals surface area contributed by atoms with Crippen LogP contribution in [0.4, 0.5) is 0 Å². The predicted molar refractivity (Wildman–Crippen MR) is 60.8 cm³/mol. The van der Waals surface area contributed by atoms with Crippen molar-refractivity contribution in [1.82, 2.24) is 5.43 Å². The summed E-state index contributed by atoms with van der Waals surface area (Å²) in [5.74, 6) is -0.409. The second kappa shape index (κ2) is 5.66. The Morgan fingerprint density at radius 1 is 1.56 bits per heavy atom. The van der Waals surface area contributed by atoms with Crippen LogP contribution in [0.25, 0.3) is 0 Å². The van der Waals surface area contributed by atoms with Crippen molar-refractivity contribution in [2.75, 3.05) is 0 Å². The van der Waals surface area contributed by atoms with Gasteiger partial charge in [0.1, 0.15) is 5.10 Å². The van der Waals surface area contributed by atoms with Crippen molar-refractivity contribution in [3.63, 3.8) is 0 Å². The molecular formula is C8H8ClN5O2. The Kier molecular flexibility index (Phi) is 4.22. The molecule has 7 nitrogen and oxygen atoms in total. The maximum Gasteiger partial charge on any atom is 0.286 e. The first kappa shape index (κ1) is 11.9. The molecule has 0 saturated carbocycles. The topological polar surface area (TPSA) is 106 Å². The summed E-state index contributed by atoms with van der Waals surface area (Å²) >= 11 is 5.84. The maximum absolute atomic E-state index is 9.92. The van der Waals surface area contributed by atoms with Gasteiger partial charge in [0, 0.05) is 10.6 Å². The molecule has 0 fully saturated rings. The van der Waals surface area contributed by atoms with Crippen molar-refractivity contribution < 1.29 is 5.03 Å². The molecule has 3 N–H and O–H groups in total. The zero-order valence-corrected chi connectivity index (χ0v) is 8.76. The number of nitrogens with zero attached hydrogens (tertiary/aromatic N) is 3. The van der Waals surface area contributed by atoms with Crippen LogP contribution in [-0.4, -0.2) is 17.2 Å². The Bertz CT molecular complexity index is 446. The van der Waals surface area contributed by atoms with E-state index in [0.717, 1.165) is 0 Å². The molecule has 1 aromatic rings. The van der Waals surface area contributed by atoms with E-state index in [2.05, 4.69) is 15.6 Å². The van der Waals surface area contributed by atoms with E-state index in [9.17, 15) is 10.1 Å². The number of benzene rings is 1. The van der Waals surface area contributed by atoms with E-state index < -0.39 is 11.0 Å². The predicted octanol–water partition coefficient (Wildman–Crippen LogP) is 0.770. The van der Waals surface area contributed by atoms with E-state index in [1.54, 1.807) is 24.3 Å². The molecule has 8 heteroatoms. The number of hydrazone groups is 2. The molecule has 0 saturated heterocycles. The largest absolute Gasteiger partial charge is 0.363 e. The highest BCUT2D eigenvalue weighted by Crippen LogP contribution is 2.11. The Hall–Kier alpha value is -2.15. The van der Waals surface area contributed by atoms with Crippen LogP contribution in [0.2, 0.25) is 5.02 Å². The Balaban J connectivity index is 2.62. The number of hydrogen-bond donors (Lipinski definition) is 2. The highest BCUT2D eigenvalue weighted by Gasteiger charge is 1.96. The summed E-state index contributed by atoms with van der Waals surface area (Å²) in [7, 11) is 0. The fourth-order valence-corrected chi connectivity index (χ4v) is 1.04. The lowest BCUT2D eigenvalue weighted by Crippen LogP contribution is -2.28. The molecule has 0 bridgehead atoms. The van der Waals surface area contributed by atoms with E-state index in [4.69, 9.17) is 17.3 Å². The molecule has 0 aromatic heterocycles. The van der Waals surface area contributed by atoms with Crippen LogP contribution in [-0.2, 0) is 0 Å². The molecule has 0 aliphatic carbocycles. The molecule has 1 aromatic carbocycles. The first-order chi connectivity index (χ1) is 7.59. The number of nitrogens with one attached hydrogen (secondary N) is 1. The first-order valence-electron chi connectivity index (χ1n) is 4.11. The molecule has 0 aliphatic heterocycles. The summed E-state index contributed by atoms with van der Waals surface area (Å²) in [5, 5.41) is 15.9. The van der Waals surface area contributed by atoms with Crippen LogP contribution >= 0.6 is 11.6 Å². The van der Waals surface area contributed by atoms with Gasteiger partial charge in [-0.05, 0) is 6.07 Å². The van der Waals surface area contributed by atoms with E-state index in [-0.39, 0.29) is 0 Å². The van der Waals surface area contributed by atoms with Gasteiger partial charge in [0.15, 0.2) is 5.03 Å². The molecule has 0 amide bonds. The highest BCUT2D eigenvalue weighted by molar-refractivity contribution is 6.33. The maximum atomic E-state index is 9.92. The van der Waals surface area contributed by atoms with Gasteiger partial charge >= 0.3 is 0 Å². The lowest BCUT2D eigenvalue weighted by molar-refractivity contribution is -0.485. The Morgan fingerprint density at radius 3 is 2.88 bits per heavy atom. The molecule has 84 valence electrons. The van der Waals surface area contributed by atoms with Gasteiger partial charge in [-0.15, -0.1) is 0 Å². The quantitative estimate of drug-likeness (QED) is 0.353. The third-order valence-corrected chi connectivity index (χ3v) is 1.82. The molecule has 0 atom stereocenters. The molecule has 0 radical (unpaired) electrons. The molecule has 0 aliphatic rings. The van der Waals surface area contributed by atoms with E-state index in [1.807, 2.05) is 0 Å². The lowest BCUT2D eigenvalue weighted by atomic mass is 10.2. The number of rotatable bonds is 3. The summed E-state index contributed by atoms with van der Waals surface area (Å²) in [6.07, 6.45) is 1.38. The Labute approximate surface area is 95.7 Å². The summed E-state index contributed by atoms with van der Waals surface area (Å²) in [5.41, 5.74) is 7.97. The van der Waals surface area contributed by atoms with Crippen molar-refractivity contribution in [2.24, 2.45) is 15.9 Å².